The van der Waals surface area contributed by atoms with Crippen molar-refractivity contribution in [2.45, 2.75) is 69.0 Å². The molecule has 3 unspecified atom stereocenters. The molecule has 1 aromatic carbocycles. The molecule has 148 valence electrons. The van der Waals surface area contributed by atoms with Crippen LogP contribution in [0.3, 0.4) is 0 Å². The van der Waals surface area contributed by atoms with Crippen molar-refractivity contribution in [2.24, 2.45) is 0 Å². The van der Waals surface area contributed by atoms with Gasteiger partial charge in [0, 0.05) is 28.7 Å². The molecule has 1 aliphatic carbocycles. The number of para-hydroxylation sites is 1. The van der Waals surface area contributed by atoms with Gasteiger partial charge < -0.3 is 15.5 Å². The third-order valence-electron chi connectivity index (χ3n) is 6.74. The van der Waals surface area contributed by atoms with Gasteiger partial charge in [-0.3, -0.25) is 4.79 Å². The van der Waals surface area contributed by atoms with Gasteiger partial charge in [0.15, 0.2) is 5.13 Å². The van der Waals surface area contributed by atoms with E-state index in [4.69, 9.17) is 4.98 Å². The Hall–Kier alpha value is -1.92. The molecule has 28 heavy (non-hydrogen) atoms. The van der Waals surface area contributed by atoms with Crippen LogP contribution in [0.25, 0.3) is 0 Å². The Balaban J connectivity index is 1.29. The summed E-state index contributed by atoms with van der Waals surface area (Å²) in [7, 11) is 2.24. The minimum Gasteiger partial charge on any atom is -0.353 e. The lowest BCUT2D eigenvalue weighted by atomic mass is 9.89. The summed E-state index contributed by atoms with van der Waals surface area (Å²) in [5, 5.41) is 7.68. The molecule has 2 aliphatic heterocycles. The third kappa shape index (κ3) is 3.44. The second-order valence-corrected chi connectivity index (χ2v) is 9.57. The van der Waals surface area contributed by atoms with Gasteiger partial charge in [-0.25, -0.2) is 4.98 Å². The van der Waals surface area contributed by atoms with E-state index >= 15 is 0 Å². The van der Waals surface area contributed by atoms with Gasteiger partial charge in [-0.05, 0) is 64.1 Å². The first-order valence-electron chi connectivity index (χ1n) is 10.5. The second-order valence-electron chi connectivity index (χ2n) is 8.49. The molecule has 2 fully saturated rings. The topological polar surface area (TPSA) is 57.3 Å². The van der Waals surface area contributed by atoms with Gasteiger partial charge in [-0.1, -0.05) is 18.2 Å². The van der Waals surface area contributed by atoms with Crippen LogP contribution in [0.2, 0.25) is 0 Å². The van der Waals surface area contributed by atoms with E-state index in [0.29, 0.717) is 18.1 Å². The zero-order valence-corrected chi connectivity index (χ0v) is 17.2. The third-order valence-corrected chi connectivity index (χ3v) is 7.79. The molecule has 1 amide bonds. The summed E-state index contributed by atoms with van der Waals surface area (Å²) in [6, 6.07) is 11.7. The fraction of sp³-hybridized carbons (Fsp3) is 0.545. The Morgan fingerprint density at radius 3 is 2.64 bits per heavy atom. The zero-order chi connectivity index (χ0) is 19.1. The van der Waals surface area contributed by atoms with E-state index in [0.717, 1.165) is 48.6 Å². The maximum atomic E-state index is 13.1. The number of benzene rings is 1. The van der Waals surface area contributed by atoms with Crippen molar-refractivity contribution in [3.05, 3.63) is 40.9 Å². The number of thiazole rings is 1. The normalized spacial score (nSPS) is 29.3. The molecule has 2 N–H and O–H groups in total. The number of rotatable bonds is 4. The lowest BCUT2D eigenvalue weighted by Gasteiger charge is -2.37. The molecule has 6 heteroatoms. The van der Waals surface area contributed by atoms with Crippen molar-refractivity contribution < 1.29 is 4.79 Å². The largest absolute Gasteiger partial charge is 0.353 e. The van der Waals surface area contributed by atoms with Crippen LogP contribution in [0.5, 0.6) is 0 Å². The quantitative estimate of drug-likeness (QED) is 0.819. The molecule has 2 bridgehead atoms. The Morgan fingerprint density at radius 1 is 1.14 bits per heavy atom. The number of carbonyl (C=O) groups is 1. The maximum Gasteiger partial charge on any atom is 0.229 e. The minimum absolute atomic E-state index is 0.0939. The van der Waals surface area contributed by atoms with Gasteiger partial charge in [-0.2, -0.15) is 0 Å². The molecule has 2 saturated heterocycles. The summed E-state index contributed by atoms with van der Waals surface area (Å²) in [6.45, 7) is 0. The van der Waals surface area contributed by atoms with Crippen LogP contribution in [0.15, 0.2) is 30.3 Å². The molecule has 0 spiro atoms. The first-order chi connectivity index (χ1) is 13.7. The maximum absolute atomic E-state index is 13.1. The fourth-order valence-electron chi connectivity index (χ4n) is 5.20. The highest BCUT2D eigenvalue weighted by atomic mass is 32.1. The van der Waals surface area contributed by atoms with Crippen LogP contribution in [-0.2, 0) is 11.2 Å². The second kappa shape index (κ2) is 7.48. The summed E-state index contributed by atoms with van der Waals surface area (Å²) in [5.41, 5.74) is 2.04. The van der Waals surface area contributed by atoms with Crippen molar-refractivity contribution in [2.75, 3.05) is 12.4 Å². The van der Waals surface area contributed by atoms with Crippen molar-refractivity contribution in [1.82, 2.24) is 15.2 Å². The lowest BCUT2D eigenvalue weighted by molar-refractivity contribution is -0.124. The van der Waals surface area contributed by atoms with Crippen LogP contribution in [0, 0.1) is 0 Å². The Morgan fingerprint density at radius 2 is 1.89 bits per heavy atom. The molecule has 3 aliphatic rings. The van der Waals surface area contributed by atoms with E-state index in [2.05, 4.69) is 22.6 Å². The first kappa shape index (κ1) is 18.1. The standard InChI is InChI=1S/C22H28N4OS/c1-26-16-10-11-17(26)13-15(12-16)23-21(27)18-8-5-9-19-20(18)25-22(28-19)24-14-6-3-2-4-7-14/h2-4,6-7,15-18H,5,8-13H2,1H3,(H,23,27)(H,24,25). The molecule has 5 rings (SSSR count). The highest BCUT2D eigenvalue weighted by molar-refractivity contribution is 7.15. The number of carbonyl (C=O) groups excluding carboxylic acids is 1. The van der Waals surface area contributed by atoms with Crippen molar-refractivity contribution in [1.29, 1.82) is 0 Å². The van der Waals surface area contributed by atoms with E-state index in [1.54, 1.807) is 11.3 Å². The number of fused-ring (bicyclic) bond motifs is 3. The predicted octanol–water partition coefficient (Wildman–Crippen LogP) is 4.05. The van der Waals surface area contributed by atoms with Crippen molar-refractivity contribution in [3.8, 4) is 0 Å². The molecule has 5 nitrogen and oxygen atoms in total. The molecular formula is C22H28N4OS. The number of aryl methyl sites for hydroxylation is 1. The predicted molar refractivity (Wildman–Crippen MR) is 113 cm³/mol. The summed E-state index contributed by atoms with van der Waals surface area (Å²) in [4.78, 5) is 21.8. The minimum atomic E-state index is -0.0939. The molecule has 0 radical (unpaired) electrons. The molecule has 1 aromatic heterocycles. The van der Waals surface area contributed by atoms with Crippen LogP contribution >= 0.6 is 11.3 Å². The van der Waals surface area contributed by atoms with E-state index < -0.39 is 0 Å². The number of nitrogens with zero attached hydrogens (tertiary/aromatic N) is 2. The number of hydrogen-bond donors (Lipinski definition) is 2. The number of aromatic nitrogens is 1. The van der Waals surface area contributed by atoms with Crippen molar-refractivity contribution >= 4 is 28.1 Å². The zero-order valence-electron chi connectivity index (χ0n) is 16.4. The Bertz CT molecular complexity index is 837. The highest BCUT2D eigenvalue weighted by Gasteiger charge is 2.40. The fourth-order valence-corrected chi connectivity index (χ4v) is 6.29. The van der Waals surface area contributed by atoms with Gasteiger partial charge in [0.05, 0.1) is 11.6 Å². The average molecular weight is 397 g/mol. The van der Waals surface area contributed by atoms with Crippen LogP contribution in [-0.4, -0.2) is 41.0 Å². The van der Waals surface area contributed by atoms with E-state index in [1.807, 2.05) is 30.3 Å². The van der Waals surface area contributed by atoms with Gasteiger partial charge in [0.25, 0.3) is 0 Å². The number of piperidine rings is 1. The number of anilines is 2. The van der Waals surface area contributed by atoms with Crippen LogP contribution < -0.4 is 10.6 Å². The smallest absolute Gasteiger partial charge is 0.229 e. The monoisotopic (exact) mass is 396 g/mol. The number of nitrogens with one attached hydrogen (secondary N) is 2. The summed E-state index contributed by atoms with van der Waals surface area (Å²) < 4.78 is 0. The summed E-state index contributed by atoms with van der Waals surface area (Å²) in [6.07, 6.45) is 7.75. The molecule has 3 atom stereocenters. The van der Waals surface area contributed by atoms with Crippen molar-refractivity contribution in [3.63, 3.8) is 0 Å². The summed E-state index contributed by atoms with van der Waals surface area (Å²) in [5.74, 6) is 0.0927. The SMILES string of the molecule is CN1C2CCC1CC(NC(=O)C1CCCc3sc(Nc4ccccc4)nc31)C2. The molecular weight excluding hydrogens is 368 g/mol. The first-order valence-corrected chi connectivity index (χ1v) is 11.3. The summed E-state index contributed by atoms with van der Waals surface area (Å²) >= 11 is 1.70. The van der Waals surface area contributed by atoms with Gasteiger partial charge in [0.2, 0.25) is 5.91 Å². The lowest BCUT2D eigenvalue weighted by Crippen LogP contribution is -2.49. The van der Waals surface area contributed by atoms with Gasteiger partial charge in [0.1, 0.15) is 0 Å². The Labute approximate surface area is 170 Å². The van der Waals surface area contributed by atoms with E-state index in [9.17, 15) is 4.79 Å². The number of hydrogen-bond acceptors (Lipinski definition) is 5. The Kier molecular flexibility index (Phi) is 4.85. The number of amides is 1. The molecule has 3 heterocycles. The highest BCUT2D eigenvalue weighted by Crippen LogP contribution is 2.39. The average Bonchev–Trinajstić information content (AvgIpc) is 3.18. The van der Waals surface area contributed by atoms with E-state index in [1.165, 1.54) is 17.7 Å². The van der Waals surface area contributed by atoms with Gasteiger partial charge >= 0.3 is 0 Å². The van der Waals surface area contributed by atoms with Gasteiger partial charge in [-0.15, -0.1) is 11.3 Å². The molecule has 0 saturated carbocycles. The van der Waals surface area contributed by atoms with Crippen LogP contribution in [0.4, 0.5) is 10.8 Å². The molecule has 2 aromatic rings. The van der Waals surface area contributed by atoms with E-state index in [-0.39, 0.29) is 11.8 Å². The van der Waals surface area contributed by atoms with Crippen LogP contribution in [0.1, 0.15) is 55.0 Å².